The number of nitrogens with one attached hydrogen (secondary N) is 1. The second-order valence-corrected chi connectivity index (χ2v) is 6.44. The summed E-state index contributed by atoms with van der Waals surface area (Å²) in [6.07, 6.45) is 1.86. The Balaban J connectivity index is 2.47. The number of nitrogens with zero attached hydrogens (tertiary/aromatic N) is 2. The van der Waals surface area contributed by atoms with Gasteiger partial charge in [-0.05, 0) is 24.6 Å². The maximum absolute atomic E-state index is 12.3. The van der Waals surface area contributed by atoms with Gasteiger partial charge in [0.15, 0.2) is 16.7 Å². The summed E-state index contributed by atoms with van der Waals surface area (Å²) in [7, 11) is 0. The van der Waals surface area contributed by atoms with Crippen LogP contribution in [0, 0.1) is 0 Å². The van der Waals surface area contributed by atoms with Gasteiger partial charge in [-0.2, -0.15) is 0 Å². The highest BCUT2D eigenvalue weighted by molar-refractivity contribution is 7.98. The number of esters is 1. The molecule has 9 heteroatoms. The van der Waals surface area contributed by atoms with Crippen LogP contribution < -0.4 is 5.32 Å². The van der Waals surface area contributed by atoms with Gasteiger partial charge in [-0.15, -0.1) is 22.9 Å². The second kappa shape index (κ2) is 8.37. The highest BCUT2D eigenvalue weighted by Gasteiger charge is 2.25. The summed E-state index contributed by atoms with van der Waals surface area (Å²) >= 11 is 8.49. The molecule has 0 bridgehead atoms. The predicted molar refractivity (Wildman–Crippen MR) is 92.7 cm³/mol. The fourth-order valence-electron chi connectivity index (χ4n) is 1.95. The molecule has 0 fully saturated rings. The van der Waals surface area contributed by atoms with Crippen molar-refractivity contribution >= 4 is 52.4 Å². The first-order valence-electron chi connectivity index (χ1n) is 6.80. The standard InChI is InChI=1S/C14H16ClN3O3S2/c1-3-21-13(20)11-12(16-10(19)7-15)17-14(22-2)18(11)8-9-5-4-6-23-9/h4-6H,3,7-8H2,1-2H3,(H,16,19). The van der Waals surface area contributed by atoms with E-state index >= 15 is 0 Å². The Morgan fingerprint density at radius 1 is 1.52 bits per heavy atom. The van der Waals surface area contributed by atoms with E-state index in [4.69, 9.17) is 16.3 Å². The fourth-order valence-corrected chi connectivity index (χ4v) is 3.27. The zero-order valence-electron chi connectivity index (χ0n) is 12.7. The Morgan fingerprint density at radius 3 is 2.87 bits per heavy atom. The maximum atomic E-state index is 12.3. The molecule has 1 amide bonds. The largest absolute Gasteiger partial charge is 0.461 e. The van der Waals surface area contributed by atoms with Crippen LogP contribution in [0.25, 0.3) is 0 Å². The molecule has 2 rings (SSSR count). The number of carbonyl (C=O) groups is 2. The van der Waals surface area contributed by atoms with Crippen LogP contribution in [0.1, 0.15) is 22.3 Å². The average Bonchev–Trinajstić information content (AvgIpc) is 3.15. The number of anilines is 1. The molecule has 0 aliphatic carbocycles. The van der Waals surface area contributed by atoms with E-state index in [1.165, 1.54) is 11.8 Å². The van der Waals surface area contributed by atoms with Gasteiger partial charge in [0.1, 0.15) is 5.88 Å². The number of imidazole rings is 1. The minimum Gasteiger partial charge on any atom is -0.461 e. The molecule has 0 atom stereocenters. The Labute approximate surface area is 147 Å². The molecule has 0 aliphatic heterocycles. The van der Waals surface area contributed by atoms with Crippen molar-refractivity contribution in [3.63, 3.8) is 0 Å². The molecular weight excluding hydrogens is 358 g/mol. The first-order valence-corrected chi connectivity index (χ1v) is 9.44. The van der Waals surface area contributed by atoms with Crippen molar-refractivity contribution in [1.29, 1.82) is 0 Å². The Bertz CT molecular complexity index is 686. The lowest BCUT2D eigenvalue weighted by Crippen LogP contribution is -2.19. The van der Waals surface area contributed by atoms with E-state index in [0.29, 0.717) is 11.7 Å². The van der Waals surface area contributed by atoms with Crippen molar-refractivity contribution in [2.24, 2.45) is 0 Å². The van der Waals surface area contributed by atoms with E-state index in [-0.39, 0.29) is 24.0 Å². The fraction of sp³-hybridized carbons (Fsp3) is 0.357. The molecular formula is C14H16ClN3O3S2. The van der Waals surface area contributed by atoms with E-state index in [2.05, 4.69) is 10.3 Å². The number of amides is 1. The molecule has 124 valence electrons. The summed E-state index contributed by atoms with van der Waals surface area (Å²) in [5, 5.41) is 5.14. The highest BCUT2D eigenvalue weighted by atomic mass is 35.5. The predicted octanol–water partition coefficient (Wildman–Crippen LogP) is 3.07. The van der Waals surface area contributed by atoms with Crippen LogP contribution in [0.3, 0.4) is 0 Å². The van der Waals surface area contributed by atoms with E-state index in [1.807, 2.05) is 23.8 Å². The van der Waals surface area contributed by atoms with Crippen LogP contribution >= 0.6 is 34.7 Å². The molecule has 2 aromatic heterocycles. The molecule has 1 N–H and O–H groups in total. The van der Waals surface area contributed by atoms with E-state index in [0.717, 1.165) is 4.88 Å². The molecule has 2 aromatic rings. The molecule has 0 aliphatic rings. The molecule has 0 spiro atoms. The minimum absolute atomic E-state index is 0.176. The van der Waals surface area contributed by atoms with Gasteiger partial charge in [0, 0.05) is 4.88 Å². The smallest absolute Gasteiger partial charge is 0.358 e. The lowest BCUT2D eigenvalue weighted by Gasteiger charge is -2.10. The number of aromatic nitrogens is 2. The molecule has 23 heavy (non-hydrogen) atoms. The van der Waals surface area contributed by atoms with Crippen molar-refractivity contribution in [2.75, 3.05) is 24.1 Å². The molecule has 0 unspecified atom stereocenters. The van der Waals surface area contributed by atoms with Crippen LogP contribution in [0.4, 0.5) is 5.82 Å². The van der Waals surface area contributed by atoms with Crippen LogP contribution in [0.2, 0.25) is 0 Å². The maximum Gasteiger partial charge on any atom is 0.358 e. The number of hydrogen-bond acceptors (Lipinski definition) is 6. The van der Waals surface area contributed by atoms with E-state index in [1.54, 1.807) is 22.8 Å². The number of halogens is 1. The van der Waals surface area contributed by atoms with Crippen molar-refractivity contribution in [1.82, 2.24) is 9.55 Å². The Kier molecular flexibility index (Phi) is 6.49. The molecule has 0 saturated heterocycles. The summed E-state index contributed by atoms with van der Waals surface area (Å²) in [4.78, 5) is 29.3. The average molecular weight is 374 g/mol. The number of rotatable bonds is 7. The van der Waals surface area contributed by atoms with E-state index in [9.17, 15) is 9.59 Å². The van der Waals surface area contributed by atoms with Gasteiger partial charge in [-0.1, -0.05) is 17.8 Å². The third-order valence-corrected chi connectivity index (χ3v) is 4.64. The number of thioether (sulfide) groups is 1. The van der Waals surface area contributed by atoms with Crippen molar-refractivity contribution < 1.29 is 14.3 Å². The van der Waals surface area contributed by atoms with Gasteiger partial charge in [0.05, 0.1) is 13.2 Å². The zero-order valence-corrected chi connectivity index (χ0v) is 15.1. The molecule has 0 saturated carbocycles. The molecule has 0 aromatic carbocycles. The second-order valence-electron chi connectivity index (χ2n) is 4.36. The van der Waals surface area contributed by atoms with Crippen molar-refractivity contribution in [2.45, 2.75) is 18.6 Å². The highest BCUT2D eigenvalue weighted by Crippen LogP contribution is 2.26. The SMILES string of the molecule is CCOC(=O)c1c(NC(=O)CCl)nc(SC)n1Cc1cccs1. The lowest BCUT2D eigenvalue weighted by atomic mass is 10.4. The van der Waals surface area contributed by atoms with Gasteiger partial charge >= 0.3 is 5.97 Å². The quantitative estimate of drug-likeness (QED) is 0.458. The first kappa shape index (κ1) is 17.8. The number of hydrogen-bond donors (Lipinski definition) is 1. The topological polar surface area (TPSA) is 73.2 Å². The molecule has 0 radical (unpaired) electrons. The van der Waals surface area contributed by atoms with Crippen LogP contribution in [0.15, 0.2) is 22.7 Å². The monoisotopic (exact) mass is 373 g/mol. The number of thiophene rings is 1. The first-order chi connectivity index (χ1) is 11.1. The van der Waals surface area contributed by atoms with Crippen LogP contribution in [0.5, 0.6) is 0 Å². The Hall–Kier alpha value is -1.51. The van der Waals surface area contributed by atoms with Gasteiger partial charge in [-0.3, -0.25) is 4.79 Å². The minimum atomic E-state index is -0.526. The number of alkyl halides is 1. The summed E-state index contributed by atoms with van der Waals surface area (Å²) < 4.78 is 6.86. The summed E-state index contributed by atoms with van der Waals surface area (Å²) in [6, 6.07) is 3.91. The van der Waals surface area contributed by atoms with Crippen molar-refractivity contribution in [3.8, 4) is 0 Å². The van der Waals surface area contributed by atoms with Crippen molar-refractivity contribution in [3.05, 3.63) is 28.1 Å². The van der Waals surface area contributed by atoms with Gasteiger partial charge < -0.3 is 14.6 Å². The third kappa shape index (κ3) is 4.27. The van der Waals surface area contributed by atoms with Gasteiger partial charge in [0.2, 0.25) is 5.91 Å². The van der Waals surface area contributed by atoms with E-state index < -0.39 is 11.9 Å². The number of ether oxygens (including phenoxy) is 1. The lowest BCUT2D eigenvalue weighted by molar-refractivity contribution is -0.113. The summed E-state index contributed by atoms with van der Waals surface area (Å²) in [5.41, 5.74) is 0.225. The van der Waals surface area contributed by atoms with Crippen LogP contribution in [-0.4, -0.2) is 40.2 Å². The number of carbonyl (C=O) groups excluding carboxylic acids is 2. The summed E-state index contributed by atoms with van der Waals surface area (Å²) in [5.74, 6) is -0.989. The van der Waals surface area contributed by atoms with Gasteiger partial charge in [-0.25, -0.2) is 9.78 Å². The normalized spacial score (nSPS) is 10.6. The molecule has 6 nitrogen and oxygen atoms in total. The van der Waals surface area contributed by atoms with Crippen LogP contribution in [-0.2, 0) is 16.1 Å². The molecule has 2 heterocycles. The zero-order chi connectivity index (χ0) is 16.8. The Morgan fingerprint density at radius 2 is 2.30 bits per heavy atom. The summed E-state index contributed by atoms with van der Waals surface area (Å²) in [6.45, 7) is 2.44. The third-order valence-electron chi connectivity index (χ3n) is 2.86. The van der Waals surface area contributed by atoms with Gasteiger partial charge in [0.25, 0.3) is 0 Å².